The first kappa shape index (κ1) is 16.5. The van der Waals surface area contributed by atoms with E-state index in [4.69, 9.17) is 4.42 Å². The highest BCUT2D eigenvalue weighted by Crippen LogP contribution is 2.20. The van der Waals surface area contributed by atoms with Gasteiger partial charge < -0.3 is 4.42 Å². The smallest absolute Gasteiger partial charge is 0.345 e. The molecule has 0 saturated heterocycles. The molecule has 0 spiro atoms. The van der Waals surface area contributed by atoms with Crippen LogP contribution in [0.1, 0.15) is 23.6 Å². The molecule has 24 heavy (non-hydrogen) atoms. The van der Waals surface area contributed by atoms with Crippen molar-refractivity contribution < 1.29 is 4.42 Å². The second kappa shape index (κ2) is 6.61. The molecule has 0 bridgehead atoms. The molecule has 1 N–H and O–H groups in total. The molecule has 3 rings (SSSR count). The fourth-order valence-corrected chi connectivity index (χ4v) is 2.74. The number of rotatable bonds is 3. The Bertz CT molecular complexity index is 1010. The van der Waals surface area contributed by atoms with Crippen LogP contribution >= 0.6 is 15.9 Å². The Morgan fingerprint density at radius 3 is 2.62 bits per heavy atom. The number of hydrogen-bond acceptors (Lipinski definition) is 4. The lowest BCUT2D eigenvalue weighted by molar-refractivity contribution is 0.559. The molecule has 0 radical (unpaired) electrons. The van der Waals surface area contributed by atoms with Crippen LogP contribution in [0.5, 0.6) is 0 Å². The standard InChI is InChI=1S/C19H17BrN2O2/c1-11-4-6-16(8-12(11)2)22-21-13(3)17-10-14-9-15(20)5-7-18(14)24-19(17)23/h4-10,22H,1-3H3. The fraction of sp³-hybridized carbons (Fsp3) is 0.158. The Morgan fingerprint density at radius 1 is 1.08 bits per heavy atom. The normalized spacial score (nSPS) is 11.8. The molecule has 5 heteroatoms. The zero-order chi connectivity index (χ0) is 17.3. The van der Waals surface area contributed by atoms with Gasteiger partial charge in [-0.05, 0) is 68.3 Å². The molecule has 0 atom stereocenters. The van der Waals surface area contributed by atoms with E-state index in [2.05, 4.69) is 33.4 Å². The number of hydrazone groups is 1. The van der Waals surface area contributed by atoms with Gasteiger partial charge in [0.25, 0.3) is 0 Å². The molecule has 0 unspecified atom stereocenters. The van der Waals surface area contributed by atoms with Crippen LogP contribution in [0.3, 0.4) is 0 Å². The van der Waals surface area contributed by atoms with Crippen molar-refractivity contribution in [1.82, 2.24) is 0 Å². The SMILES string of the molecule is CC(=NNc1ccc(C)c(C)c1)c1cc2cc(Br)ccc2oc1=O. The van der Waals surface area contributed by atoms with Crippen molar-refractivity contribution in [3.05, 3.63) is 74.0 Å². The molecule has 3 aromatic rings. The minimum Gasteiger partial charge on any atom is -0.422 e. The van der Waals surface area contributed by atoms with Gasteiger partial charge in [-0.3, -0.25) is 5.43 Å². The van der Waals surface area contributed by atoms with Crippen molar-refractivity contribution >= 4 is 38.3 Å². The molecular weight excluding hydrogens is 368 g/mol. The van der Waals surface area contributed by atoms with E-state index in [-0.39, 0.29) is 0 Å². The second-order valence-electron chi connectivity index (χ2n) is 5.74. The summed E-state index contributed by atoms with van der Waals surface area (Å²) in [7, 11) is 0. The van der Waals surface area contributed by atoms with Crippen LogP contribution in [0, 0.1) is 13.8 Å². The minimum atomic E-state index is -0.395. The lowest BCUT2D eigenvalue weighted by Gasteiger charge is -2.06. The fourth-order valence-electron chi connectivity index (χ4n) is 2.37. The summed E-state index contributed by atoms with van der Waals surface area (Å²) < 4.78 is 6.30. The van der Waals surface area contributed by atoms with E-state index >= 15 is 0 Å². The number of hydrogen-bond donors (Lipinski definition) is 1. The van der Waals surface area contributed by atoms with Crippen LogP contribution in [-0.4, -0.2) is 5.71 Å². The van der Waals surface area contributed by atoms with Gasteiger partial charge in [0.15, 0.2) is 0 Å². The maximum atomic E-state index is 12.2. The second-order valence-corrected chi connectivity index (χ2v) is 6.65. The minimum absolute atomic E-state index is 0.395. The average Bonchev–Trinajstić information content (AvgIpc) is 2.55. The monoisotopic (exact) mass is 384 g/mol. The predicted molar refractivity (Wildman–Crippen MR) is 102 cm³/mol. The summed E-state index contributed by atoms with van der Waals surface area (Å²) in [6.45, 7) is 5.89. The highest BCUT2D eigenvalue weighted by atomic mass is 79.9. The van der Waals surface area contributed by atoms with Gasteiger partial charge in [-0.2, -0.15) is 5.10 Å². The third-order valence-corrected chi connectivity index (χ3v) is 4.44. The maximum Gasteiger partial charge on any atom is 0.345 e. The van der Waals surface area contributed by atoms with E-state index in [1.807, 2.05) is 37.3 Å². The number of nitrogens with one attached hydrogen (secondary N) is 1. The molecule has 0 aliphatic heterocycles. The van der Waals surface area contributed by atoms with E-state index in [1.54, 1.807) is 19.1 Å². The zero-order valence-electron chi connectivity index (χ0n) is 13.7. The number of anilines is 1. The van der Waals surface area contributed by atoms with Gasteiger partial charge in [-0.1, -0.05) is 22.0 Å². The predicted octanol–water partition coefficient (Wildman–Crippen LogP) is 5.01. The van der Waals surface area contributed by atoms with E-state index in [0.29, 0.717) is 16.9 Å². The van der Waals surface area contributed by atoms with E-state index < -0.39 is 5.63 Å². The Labute approximate surface area is 148 Å². The first-order valence-corrected chi connectivity index (χ1v) is 8.34. The quantitative estimate of drug-likeness (QED) is 0.392. The van der Waals surface area contributed by atoms with E-state index in [9.17, 15) is 4.79 Å². The number of fused-ring (bicyclic) bond motifs is 1. The topological polar surface area (TPSA) is 54.6 Å². The molecule has 1 aromatic heterocycles. The van der Waals surface area contributed by atoms with Gasteiger partial charge in [0.05, 0.1) is 17.0 Å². The van der Waals surface area contributed by atoms with E-state index in [1.165, 1.54) is 11.1 Å². The van der Waals surface area contributed by atoms with Gasteiger partial charge in [0, 0.05) is 9.86 Å². The summed E-state index contributed by atoms with van der Waals surface area (Å²) in [4.78, 5) is 12.2. The third kappa shape index (κ3) is 3.41. The van der Waals surface area contributed by atoms with Crippen molar-refractivity contribution in [3.63, 3.8) is 0 Å². The Kier molecular flexibility index (Phi) is 4.53. The van der Waals surface area contributed by atoms with Crippen molar-refractivity contribution in [2.75, 3.05) is 5.43 Å². The highest BCUT2D eigenvalue weighted by Gasteiger charge is 2.09. The first-order valence-electron chi connectivity index (χ1n) is 7.55. The molecule has 0 saturated carbocycles. The van der Waals surface area contributed by atoms with Crippen molar-refractivity contribution in [1.29, 1.82) is 0 Å². The van der Waals surface area contributed by atoms with Crippen molar-refractivity contribution in [3.8, 4) is 0 Å². The van der Waals surface area contributed by atoms with Gasteiger partial charge in [0.1, 0.15) is 5.58 Å². The van der Waals surface area contributed by atoms with Crippen LogP contribution in [0.4, 0.5) is 5.69 Å². The largest absolute Gasteiger partial charge is 0.422 e. The van der Waals surface area contributed by atoms with Crippen LogP contribution in [-0.2, 0) is 0 Å². The number of aryl methyl sites for hydroxylation is 2. The van der Waals surface area contributed by atoms with Gasteiger partial charge in [0.2, 0.25) is 0 Å². The summed E-state index contributed by atoms with van der Waals surface area (Å²) >= 11 is 3.42. The molecule has 1 heterocycles. The molecule has 122 valence electrons. The Hall–Kier alpha value is -2.40. The average molecular weight is 385 g/mol. The van der Waals surface area contributed by atoms with Gasteiger partial charge in [-0.25, -0.2) is 4.79 Å². The Morgan fingerprint density at radius 2 is 1.88 bits per heavy atom. The molecule has 4 nitrogen and oxygen atoms in total. The maximum absolute atomic E-state index is 12.2. The van der Waals surface area contributed by atoms with Crippen LogP contribution in [0.15, 0.2) is 61.3 Å². The van der Waals surface area contributed by atoms with Crippen LogP contribution in [0.2, 0.25) is 0 Å². The molecule has 2 aromatic carbocycles. The lowest BCUT2D eigenvalue weighted by atomic mass is 10.1. The zero-order valence-corrected chi connectivity index (χ0v) is 15.3. The van der Waals surface area contributed by atoms with E-state index in [0.717, 1.165) is 15.5 Å². The summed E-state index contributed by atoms with van der Waals surface area (Å²) in [6, 6.07) is 13.3. The van der Waals surface area contributed by atoms with Crippen molar-refractivity contribution in [2.24, 2.45) is 5.10 Å². The number of halogens is 1. The Balaban J connectivity index is 1.94. The number of benzene rings is 2. The lowest BCUT2D eigenvalue weighted by Crippen LogP contribution is -2.13. The summed E-state index contributed by atoms with van der Waals surface area (Å²) in [5.74, 6) is 0. The first-order chi connectivity index (χ1) is 11.4. The molecule has 0 aliphatic rings. The molecule has 0 amide bonds. The highest BCUT2D eigenvalue weighted by molar-refractivity contribution is 9.10. The summed E-state index contributed by atoms with van der Waals surface area (Å²) in [5, 5.41) is 5.17. The van der Waals surface area contributed by atoms with Crippen LogP contribution in [0.25, 0.3) is 11.0 Å². The van der Waals surface area contributed by atoms with Crippen LogP contribution < -0.4 is 11.1 Å². The molecular formula is C19H17BrN2O2. The molecule has 0 fully saturated rings. The summed E-state index contributed by atoms with van der Waals surface area (Å²) in [6.07, 6.45) is 0. The van der Waals surface area contributed by atoms with Gasteiger partial charge >= 0.3 is 5.63 Å². The van der Waals surface area contributed by atoms with Crippen molar-refractivity contribution in [2.45, 2.75) is 20.8 Å². The summed E-state index contributed by atoms with van der Waals surface area (Å²) in [5.41, 5.74) is 7.46. The molecule has 0 aliphatic carbocycles. The number of nitrogens with zero attached hydrogens (tertiary/aromatic N) is 1. The third-order valence-electron chi connectivity index (χ3n) is 3.94. The van der Waals surface area contributed by atoms with Gasteiger partial charge in [-0.15, -0.1) is 0 Å².